The summed E-state index contributed by atoms with van der Waals surface area (Å²) in [7, 11) is 0. The summed E-state index contributed by atoms with van der Waals surface area (Å²) in [6.45, 7) is 1.38. The number of benzene rings is 1. The second-order valence-corrected chi connectivity index (χ2v) is 5.65. The van der Waals surface area contributed by atoms with Crippen molar-refractivity contribution in [3.63, 3.8) is 0 Å². The highest BCUT2D eigenvalue weighted by atomic mass is 16.5. The van der Waals surface area contributed by atoms with Crippen LogP contribution in [0.4, 0.5) is 0 Å². The number of carbonyl (C=O) groups is 2. The average molecular weight is 323 g/mol. The van der Waals surface area contributed by atoms with Gasteiger partial charge in [-0.2, -0.15) is 5.10 Å². The van der Waals surface area contributed by atoms with Crippen LogP contribution >= 0.6 is 0 Å². The highest BCUT2D eigenvalue weighted by molar-refractivity contribution is 5.98. The molecule has 0 unspecified atom stereocenters. The molecule has 24 heavy (non-hydrogen) atoms. The molecule has 1 aliphatic rings. The number of phenols is 1. The SMILES string of the molecule is CC(=O)c1ccc2c(c1O)[C@H](c1cnn3cccnc13)CC(=O)O2. The molecule has 1 atom stereocenters. The van der Waals surface area contributed by atoms with Crippen LogP contribution in [0.15, 0.2) is 36.8 Å². The summed E-state index contributed by atoms with van der Waals surface area (Å²) in [6.07, 6.45) is 5.04. The number of fused-ring (bicyclic) bond motifs is 2. The first-order valence-corrected chi connectivity index (χ1v) is 7.42. The van der Waals surface area contributed by atoms with E-state index in [1.165, 1.54) is 19.1 Å². The maximum Gasteiger partial charge on any atom is 0.312 e. The molecule has 7 nitrogen and oxygen atoms in total. The van der Waals surface area contributed by atoms with Crippen LogP contribution < -0.4 is 4.74 Å². The summed E-state index contributed by atoms with van der Waals surface area (Å²) in [6, 6.07) is 4.74. The van der Waals surface area contributed by atoms with Crippen molar-refractivity contribution >= 4 is 17.4 Å². The predicted molar refractivity (Wildman–Crippen MR) is 83.2 cm³/mol. The first-order chi connectivity index (χ1) is 11.6. The first-order valence-electron chi connectivity index (χ1n) is 7.42. The predicted octanol–water partition coefficient (Wildman–Crippen LogP) is 2.08. The third-order valence-corrected chi connectivity index (χ3v) is 4.18. The fourth-order valence-electron chi connectivity index (χ4n) is 3.09. The Balaban J connectivity index is 1.97. The molecule has 3 aromatic rings. The summed E-state index contributed by atoms with van der Waals surface area (Å²) >= 11 is 0. The molecule has 0 aliphatic carbocycles. The van der Waals surface area contributed by atoms with Crippen molar-refractivity contribution in [1.82, 2.24) is 14.6 Å². The van der Waals surface area contributed by atoms with Gasteiger partial charge in [0, 0.05) is 29.4 Å². The third-order valence-electron chi connectivity index (χ3n) is 4.18. The van der Waals surface area contributed by atoms with Crippen molar-refractivity contribution in [3.05, 3.63) is 53.5 Å². The van der Waals surface area contributed by atoms with Gasteiger partial charge in [-0.25, -0.2) is 9.50 Å². The fraction of sp³-hybridized carbons (Fsp3) is 0.176. The normalized spacial score (nSPS) is 16.7. The lowest BCUT2D eigenvalue weighted by atomic mass is 9.85. The number of esters is 1. The summed E-state index contributed by atoms with van der Waals surface area (Å²) in [4.78, 5) is 28.0. The lowest BCUT2D eigenvalue weighted by Crippen LogP contribution is -2.21. The van der Waals surface area contributed by atoms with Crippen molar-refractivity contribution in [2.75, 3.05) is 0 Å². The second kappa shape index (κ2) is 5.16. The van der Waals surface area contributed by atoms with E-state index in [0.717, 1.165) is 0 Å². The van der Waals surface area contributed by atoms with Crippen LogP contribution in [-0.4, -0.2) is 31.5 Å². The molecule has 0 bridgehead atoms. The van der Waals surface area contributed by atoms with Crippen molar-refractivity contribution in [3.8, 4) is 11.5 Å². The molecule has 7 heteroatoms. The van der Waals surface area contributed by atoms with Gasteiger partial charge in [-0.15, -0.1) is 0 Å². The van der Waals surface area contributed by atoms with E-state index in [1.54, 1.807) is 29.2 Å². The summed E-state index contributed by atoms with van der Waals surface area (Å²) in [5.74, 6) is -1.04. The molecule has 1 aliphatic heterocycles. The van der Waals surface area contributed by atoms with Crippen LogP contribution in [0.3, 0.4) is 0 Å². The molecule has 0 spiro atoms. The molecule has 120 valence electrons. The fourth-order valence-corrected chi connectivity index (χ4v) is 3.09. The number of Topliss-reactive ketones (excluding diaryl/α,β-unsaturated/α-hetero) is 1. The number of aromatic nitrogens is 3. The zero-order valence-corrected chi connectivity index (χ0v) is 12.8. The molecule has 1 N–H and O–H groups in total. The third kappa shape index (κ3) is 2.05. The minimum atomic E-state index is -0.479. The largest absolute Gasteiger partial charge is 0.507 e. The number of ketones is 1. The zero-order valence-electron chi connectivity index (χ0n) is 12.8. The van der Waals surface area contributed by atoms with Crippen molar-refractivity contribution < 1.29 is 19.4 Å². The molecule has 3 heterocycles. The van der Waals surface area contributed by atoms with Gasteiger partial charge in [-0.05, 0) is 25.1 Å². The minimum Gasteiger partial charge on any atom is -0.507 e. The van der Waals surface area contributed by atoms with Gasteiger partial charge in [0.05, 0.1) is 18.2 Å². The van der Waals surface area contributed by atoms with Gasteiger partial charge in [-0.3, -0.25) is 9.59 Å². The highest BCUT2D eigenvalue weighted by Gasteiger charge is 2.34. The molecule has 1 aromatic carbocycles. The number of aromatic hydroxyl groups is 1. The summed E-state index contributed by atoms with van der Waals surface area (Å²) in [5.41, 5.74) is 1.91. The number of hydrogen-bond acceptors (Lipinski definition) is 6. The van der Waals surface area contributed by atoms with Crippen LogP contribution in [0.2, 0.25) is 0 Å². The molecule has 0 saturated carbocycles. The molecule has 4 rings (SSSR count). The van der Waals surface area contributed by atoms with Crippen LogP contribution in [0.25, 0.3) is 5.65 Å². The minimum absolute atomic E-state index is 0.0415. The standard InChI is InChI=1S/C17H13N3O4/c1-9(21)10-3-4-13-15(16(10)23)11(7-14(22)24-13)12-8-19-20-6-2-5-18-17(12)20/h2-6,8,11,23H,7H2,1H3/t11-/m0/s1. The molecular formula is C17H13N3O4. The Kier molecular flexibility index (Phi) is 3.09. The lowest BCUT2D eigenvalue weighted by Gasteiger charge is -2.25. The molecule has 0 radical (unpaired) electrons. The molecule has 2 aromatic heterocycles. The Hall–Kier alpha value is -3.22. The smallest absolute Gasteiger partial charge is 0.312 e. The monoisotopic (exact) mass is 323 g/mol. The molecule has 0 amide bonds. The van der Waals surface area contributed by atoms with Gasteiger partial charge in [0.15, 0.2) is 11.4 Å². The molecule has 0 saturated heterocycles. The van der Waals surface area contributed by atoms with Crippen LogP contribution in [0.1, 0.15) is 40.7 Å². The van der Waals surface area contributed by atoms with Crippen LogP contribution in [0.5, 0.6) is 11.5 Å². The number of ether oxygens (including phenoxy) is 1. The Morgan fingerprint density at radius 3 is 3.04 bits per heavy atom. The number of nitrogens with zero attached hydrogens (tertiary/aromatic N) is 3. The number of rotatable bonds is 2. The summed E-state index contributed by atoms with van der Waals surface area (Å²) in [5, 5.41) is 14.8. The van der Waals surface area contributed by atoms with Crippen molar-refractivity contribution in [2.24, 2.45) is 0 Å². The second-order valence-electron chi connectivity index (χ2n) is 5.65. The van der Waals surface area contributed by atoms with E-state index >= 15 is 0 Å². The van der Waals surface area contributed by atoms with E-state index in [9.17, 15) is 14.7 Å². The van der Waals surface area contributed by atoms with E-state index in [-0.39, 0.29) is 29.3 Å². The quantitative estimate of drug-likeness (QED) is 0.441. The summed E-state index contributed by atoms with van der Waals surface area (Å²) < 4.78 is 6.83. The van der Waals surface area contributed by atoms with Gasteiger partial charge in [-0.1, -0.05) is 0 Å². The van der Waals surface area contributed by atoms with E-state index in [2.05, 4.69) is 10.1 Å². The Morgan fingerprint density at radius 1 is 1.42 bits per heavy atom. The van der Waals surface area contributed by atoms with E-state index in [4.69, 9.17) is 4.74 Å². The Labute approximate surface area is 136 Å². The first kappa shape index (κ1) is 14.4. The number of carbonyl (C=O) groups excluding carboxylic acids is 2. The lowest BCUT2D eigenvalue weighted by molar-refractivity contribution is -0.135. The average Bonchev–Trinajstić information content (AvgIpc) is 2.97. The highest BCUT2D eigenvalue weighted by Crippen LogP contribution is 2.45. The topological polar surface area (TPSA) is 93.8 Å². The Bertz CT molecular complexity index is 993. The van der Waals surface area contributed by atoms with Crippen LogP contribution in [-0.2, 0) is 4.79 Å². The maximum absolute atomic E-state index is 12.0. The van der Waals surface area contributed by atoms with Gasteiger partial charge >= 0.3 is 5.97 Å². The zero-order chi connectivity index (χ0) is 16.8. The Morgan fingerprint density at radius 2 is 2.25 bits per heavy atom. The van der Waals surface area contributed by atoms with Gasteiger partial charge in [0.2, 0.25) is 0 Å². The molecule has 0 fully saturated rings. The molecular weight excluding hydrogens is 310 g/mol. The van der Waals surface area contributed by atoms with Gasteiger partial charge in [0.25, 0.3) is 0 Å². The van der Waals surface area contributed by atoms with E-state index in [1.807, 2.05) is 0 Å². The van der Waals surface area contributed by atoms with Gasteiger partial charge in [0.1, 0.15) is 11.5 Å². The number of hydrogen-bond donors (Lipinski definition) is 1. The van der Waals surface area contributed by atoms with Crippen molar-refractivity contribution in [1.29, 1.82) is 0 Å². The van der Waals surface area contributed by atoms with Crippen molar-refractivity contribution in [2.45, 2.75) is 19.3 Å². The van der Waals surface area contributed by atoms with E-state index in [0.29, 0.717) is 16.8 Å². The van der Waals surface area contributed by atoms with Crippen LogP contribution in [0, 0.1) is 0 Å². The number of phenolic OH excluding ortho intramolecular Hbond substituents is 1. The van der Waals surface area contributed by atoms with Gasteiger partial charge < -0.3 is 9.84 Å². The van der Waals surface area contributed by atoms with E-state index < -0.39 is 11.9 Å². The maximum atomic E-state index is 12.0.